The van der Waals surface area contributed by atoms with Gasteiger partial charge in [0.05, 0.1) is 0 Å². The number of nitrogens with one attached hydrogen (secondary N) is 1. The van der Waals surface area contributed by atoms with Crippen molar-refractivity contribution in [2.24, 2.45) is 0 Å². The van der Waals surface area contributed by atoms with E-state index in [0.29, 0.717) is 24.1 Å². The molecule has 2 aliphatic rings. The Morgan fingerprint density at radius 2 is 2.06 bits per heavy atom. The highest BCUT2D eigenvalue weighted by atomic mass is 32.2. The van der Waals surface area contributed by atoms with Gasteiger partial charge >= 0.3 is 5.97 Å². The van der Waals surface area contributed by atoms with Crippen molar-refractivity contribution in [2.75, 3.05) is 31.1 Å². The third-order valence-corrected chi connectivity index (χ3v) is 4.30. The normalized spacial score (nSPS) is 25.5. The van der Waals surface area contributed by atoms with Crippen molar-refractivity contribution in [3.05, 3.63) is 0 Å². The lowest BCUT2D eigenvalue weighted by Crippen LogP contribution is -2.50. The van der Waals surface area contributed by atoms with E-state index in [4.69, 9.17) is 5.11 Å². The van der Waals surface area contributed by atoms with Crippen LogP contribution in [0.2, 0.25) is 0 Å². The van der Waals surface area contributed by atoms with E-state index in [1.807, 2.05) is 0 Å². The molecule has 0 amide bonds. The molecule has 0 aromatic carbocycles. The molecule has 1 atom stereocenters. The van der Waals surface area contributed by atoms with Gasteiger partial charge in [0, 0.05) is 48.0 Å². The van der Waals surface area contributed by atoms with Gasteiger partial charge < -0.3 is 10.4 Å². The Morgan fingerprint density at radius 1 is 1.44 bits per heavy atom. The van der Waals surface area contributed by atoms with Crippen LogP contribution in [0.1, 0.15) is 12.8 Å². The predicted molar refractivity (Wildman–Crippen MR) is 61.9 cm³/mol. The SMILES string of the molecule is O=C(O)C(CN1CCS(=O)CC1)NC1CC1. The summed E-state index contributed by atoms with van der Waals surface area (Å²) in [5.41, 5.74) is 0. The lowest BCUT2D eigenvalue weighted by Gasteiger charge is -2.28. The Kier molecular flexibility index (Phi) is 3.94. The fraction of sp³-hybridized carbons (Fsp3) is 0.900. The summed E-state index contributed by atoms with van der Waals surface area (Å²) < 4.78 is 11.2. The maximum atomic E-state index is 11.2. The monoisotopic (exact) mass is 246 g/mol. The molecule has 92 valence electrons. The molecule has 6 heteroatoms. The number of nitrogens with zero attached hydrogens (tertiary/aromatic N) is 1. The molecular formula is C10H18N2O3S. The van der Waals surface area contributed by atoms with Gasteiger partial charge in [0.2, 0.25) is 0 Å². The number of carboxylic acids is 1. The van der Waals surface area contributed by atoms with Gasteiger partial charge in [-0.25, -0.2) is 0 Å². The van der Waals surface area contributed by atoms with Crippen LogP contribution < -0.4 is 5.32 Å². The summed E-state index contributed by atoms with van der Waals surface area (Å²) >= 11 is 0. The van der Waals surface area contributed by atoms with E-state index in [1.165, 1.54) is 0 Å². The summed E-state index contributed by atoms with van der Waals surface area (Å²) in [6.07, 6.45) is 2.18. The highest BCUT2D eigenvalue weighted by Gasteiger charge is 2.30. The van der Waals surface area contributed by atoms with Gasteiger partial charge in [0.25, 0.3) is 0 Å². The van der Waals surface area contributed by atoms with Crippen molar-refractivity contribution in [1.29, 1.82) is 0 Å². The molecule has 1 saturated heterocycles. The van der Waals surface area contributed by atoms with Crippen molar-refractivity contribution in [1.82, 2.24) is 10.2 Å². The van der Waals surface area contributed by atoms with Crippen LogP contribution in [-0.4, -0.2) is 63.4 Å². The molecule has 1 heterocycles. The van der Waals surface area contributed by atoms with Crippen molar-refractivity contribution in [3.63, 3.8) is 0 Å². The van der Waals surface area contributed by atoms with Crippen molar-refractivity contribution in [3.8, 4) is 0 Å². The van der Waals surface area contributed by atoms with Gasteiger partial charge in [0.15, 0.2) is 0 Å². The number of rotatable bonds is 5. The first-order chi connectivity index (χ1) is 7.65. The van der Waals surface area contributed by atoms with E-state index in [9.17, 15) is 9.00 Å². The molecule has 16 heavy (non-hydrogen) atoms. The third-order valence-electron chi connectivity index (χ3n) is 3.02. The van der Waals surface area contributed by atoms with Crippen LogP contribution in [0.25, 0.3) is 0 Å². The number of hydrogen-bond donors (Lipinski definition) is 2. The van der Waals surface area contributed by atoms with E-state index in [1.54, 1.807) is 0 Å². The maximum absolute atomic E-state index is 11.2. The molecule has 0 bridgehead atoms. The van der Waals surface area contributed by atoms with Crippen molar-refractivity contribution in [2.45, 2.75) is 24.9 Å². The quantitative estimate of drug-likeness (QED) is 0.668. The van der Waals surface area contributed by atoms with Crippen LogP contribution in [0, 0.1) is 0 Å². The number of aliphatic carboxylic acids is 1. The van der Waals surface area contributed by atoms with Gasteiger partial charge in [-0.2, -0.15) is 0 Å². The predicted octanol–water partition coefficient (Wildman–Crippen LogP) is -0.744. The maximum Gasteiger partial charge on any atom is 0.322 e. The van der Waals surface area contributed by atoms with Crippen LogP contribution in [0.15, 0.2) is 0 Å². The molecule has 1 aliphatic carbocycles. The summed E-state index contributed by atoms with van der Waals surface area (Å²) in [5.74, 6) is 0.574. The molecule has 1 aliphatic heterocycles. The molecule has 2 N–H and O–H groups in total. The van der Waals surface area contributed by atoms with Gasteiger partial charge in [-0.05, 0) is 12.8 Å². The molecule has 0 spiro atoms. The number of carboxylic acid groups (broad SMARTS) is 1. The average Bonchev–Trinajstić information content (AvgIpc) is 3.04. The molecule has 5 nitrogen and oxygen atoms in total. The first-order valence-electron chi connectivity index (χ1n) is 5.71. The fourth-order valence-electron chi connectivity index (χ4n) is 1.85. The fourth-order valence-corrected chi connectivity index (χ4v) is 2.98. The Bertz CT molecular complexity index is 284. The van der Waals surface area contributed by atoms with E-state index in [2.05, 4.69) is 10.2 Å². The largest absolute Gasteiger partial charge is 0.480 e. The van der Waals surface area contributed by atoms with E-state index in [0.717, 1.165) is 25.9 Å². The minimum atomic E-state index is -0.779. The van der Waals surface area contributed by atoms with Crippen LogP contribution >= 0.6 is 0 Å². The summed E-state index contributed by atoms with van der Waals surface area (Å²) in [6.45, 7) is 2.04. The minimum Gasteiger partial charge on any atom is -0.480 e. The molecular weight excluding hydrogens is 228 g/mol. The minimum absolute atomic E-state index is 0.403. The zero-order valence-electron chi connectivity index (χ0n) is 9.22. The molecule has 0 aromatic rings. The van der Waals surface area contributed by atoms with Crippen LogP contribution in [-0.2, 0) is 15.6 Å². The van der Waals surface area contributed by atoms with E-state index >= 15 is 0 Å². The third kappa shape index (κ3) is 3.54. The second-order valence-electron chi connectivity index (χ2n) is 4.48. The van der Waals surface area contributed by atoms with Crippen LogP contribution in [0.4, 0.5) is 0 Å². The number of hydrogen-bond acceptors (Lipinski definition) is 4. The lowest BCUT2D eigenvalue weighted by molar-refractivity contribution is -0.140. The van der Waals surface area contributed by atoms with Gasteiger partial charge in [-0.3, -0.25) is 13.9 Å². The molecule has 2 fully saturated rings. The summed E-state index contributed by atoms with van der Waals surface area (Å²) in [4.78, 5) is 13.1. The molecule has 0 aromatic heterocycles. The lowest BCUT2D eigenvalue weighted by atomic mass is 10.2. The summed E-state index contributed by atoms with van der Waals surface area (Å²) in [7, 11) is -0.694. The van der Waals surface area contributed by atoms with Crippen LogP contribution in [0.3, 0.4) is 0 Å². The zero-order chi connectivity index (χ0) is 11.5. The Hall–Kier alpha value is -0.460. The zero-order valence-corrected chi connectivity index (χ0v) is 10.0. The van der Waals surface area contributed by atoms with Crippen molar-refractivity contribution >= 4 is 16.8 Å². The first-order valence-corrected chi connectivity index (χ1v) is 7.20. The molecule has 2 rings (SSSR count). The average molecular weight is 246 g/mol. The Labute approximate surface area is 97.7 Å². The summed E-state index contributed by atoms with van der Waals surface area (Å²) in [6, 6.07) is -0.0703. The number of carbonyl (C=O) groups is 1. The second kappa shape index (κ2) is 5.25. The Balaban J connectivity index is 1.79. The summed E-state index contributed by atoms with van der Waals surface area (Å²) in [5, 5.41) is 12.2. The van der Waals surface area contributed by atoms with Gasteiger partial charge in [-0.15, -0.1) is 0 Å². The van der Waals surface area contributed by atoms with Crippen LogP contribution in [0.5, 0.6) is 0 Å². The van der Waals surface area contributed by atoms with Gasteiger partial charge in [-0.1, -0.05) is 0 Å². The van der Waals surface area contributed by atoms with Crippen molar-refractivity contribution < 1.29 is 14.1 Å². The Morgan fingerprint density at radius 3 is 2.56 bits per heavy atom. The standard InChI is InChI=1S/C10H18N2O3S/c13-10(14)9(11-8-1-2-8)7-12-3-5-16(15)6-4-12/h8-9,11H,1-7H2,(H,13,14). The van der Waals surface area contributed by atoms with Gasteiger partial charge in [0.1, 0.15) is 6.04 Å². The topological polar surface area (TPSA) is 69.6 Å². The van der Waals surface area contributed by atoms with E-state index < -0.39 is 22.8 Å². The molecule has 1 unspecified atom stereocenters. The second-order valence-corrected chi connectivity index (χ2v) is 6.18. The highest BCUT2D eigenvalue weighted by molar-refractivity contribution is 7.85. The van der Waals surface area contributed by atoms with E-state index in [-0.39, 0.29) is 0 Å². The molecule has 1 saturated carbocycles. The first kappa shape index (κ1) is 12.0. The molecule has 0 radical (unpaired) electrons. The highest BCUT2D eigenvalue weighted by Crippen LogP contribution is 2.19. The smallest absolute Gasteiger partial charge is 0.322 e.